The summed E-state index contributed by atoms with van der Waals surface area (Å²) in [6.07, 6.45) is -4.81. The molecule has 0 spiro atoms. The lowest BCUT2D eigenvalue weighted by Gasteiger charge is -2.37. The predicted molar refractivity (Wildman–Crippen MR) is 115 cm³/mol. The van der Waals surface area contributed by atoms with Crippen molar-refractivity contribution in [2.24, 2.45) is 0 Å². The molecule has 5 N–H and O–H groups in total. The van der Waals surface area contributed by atoms with Crippen molar-refractivity contribution in [3.63, 3.8) is 0 Å². The fourth-order valence-electron chi connectivity index (χ4n) is 3.53. The lowest BCUT2D eigenvalue weighted by molar-refractivity contribution is -0.0713. The van der Waals surface area contributed by atoms with E-state index in [0.29, 0.717) is 0 Å². The number of aromatic amines is 1. The summed E-state index contributed by atoms with van der Waals surface area (Å²) < 4.78 is 38.2. The minimum Gasteiger partial charge on any atom is -0.388 e. The largest absolute Gasteiger partial charge is 0.388 e. The maximum atomic E-state index is 13.6. The van der Waals surface area contributed by atoms with Crippen molar-refractivity contribution in [1.29, 1.82) is 0 Å². The lowest BCUT2D eigenvalue weighted by atomic mass is 9.93. The van der Waals surface area contributed by atoms with Crippen LogP contribution in [0.4, 0.5) is 4.39 Å². The first-order chi connectivity index (χ1) is 15.6. The van der Waals surface area contributed by atoms with Crippen LogP contribution >= 0.6 is 7.60 Å². The van der Waals surface area contributed by atoms with E-state index in [1.54, 1.807) is 6.92 Å². The molecule has 0 radical (unpaired) electrons. The van der Waals surface area contributed by atoms with Crippen LogP contribution in [0.3, 0.4) is 0 Å². The molecule has 13 nitrogen and oxygen atoms in total. The standard InChI is InChI=1S/C19H28FN4O9P/c1-5-18(3,33-34(30,31)19(4,29)6-2)7-10-11(25)12(26)16(32-10)24-8-9-14(23-17(24)28)22-15(27)13(20)21-9/h8,10-12,16,25-26,29H,5-7H2,1-4H3,(H,30,31)(H,22,23,27,28)/t10-,11?,12+,16-,18?,19?/m1/s1. The average Bonchev–Trinajstić information content (AvgIpc) is 3.02. The van der Waals surface area contributed by atoms with Crippen LogP contribution in [0.25, 0.3) is 11.2 Å². The highest BCUT2D eigenvalue weighted by molar-refractivity contribution is 7.54. The van der Waals surface area contributed by atoms with Crippen molar-refractivity contribution < 1.29 is 38.4 Å². The molecule has 0 aromatic carbocycles. The van der Waals surface area contributed by atoms with Crippen LogP contribution in [-0.4, -0.2) is 69.0 Å². The van der Waals surface area contributed by atoms with Gasteiger partial charge in [0.05, 0.1) is 11.7 Å². The van der Waals surface area contributed by atoms with Gasteiger partial charge in [0.1, 0.15) is 17.7 Å². The third-order valence-corrected chi connectivity index (χ3v) is 8.41. The Morgan fingerprint density at radius 1 is 1.24 bits per heavy atom. The Morgan fingerprint density at radius 3 is 2.47 bits per heavy atom. The second kappa shape index (κ2) is 9.19. The number of nitrogens with one attached hydrogen (secondary N) is 1. The normalized spacial score (nSPS) is 28.4. The number of H-pyrrole nitrogens is 1. The van der Waals surface area contributed by atoms with Gasteiger partial charge in [-0.15, -0.1) is 0 Å². The monoisotopic (exact) mass is 506 g/mol. The van der Waals surface area contributed by atoms with Crippen LogP contribution in [0.5, 0.6) is 0 Å². The quantitative estimate of drug-likeness (QED) is 0.305. The van der Waals surface area contributed by atoms with Gasteiger partial charge < -0.3 is 34.5 Å². The first kappa shape index (κ1) is 26.5. The number of rotatable bonds is 8. The molecule has 190 valence electrons. The van der Waals surface area contributed by atoms with E-state index in [4.69, 9.17) is 9.26 Å². The van der Waals surface area contributed by atoms with Crippen LogP contribution in [0.1, 0.15) is 53.2 Å². The first-order valence-corrected chi connectivity index (χ1v) is 12.2. The Balaban J connectivity index is 1.89. The van der Waals surface area contributed by atoms with Gasteiger partial charge in [-0.25, -0.2) is 9.78 Å². The van der Waals surface area contributed by atoms with E-state index < -0.39 is 60.3 Å². The molecule has 2 aromatic heterocycles. The maximum absolute atomic E-state index is 13.6. The Hall–Kier alpha value is -2.06. The highest BCUT2D eigenvalue weighted by Crippen LogP contribution is 2.59. The van der Waals surface area contributed by atoms with Gasteiger partial charge in [-0.3, -0.25) is 13.9 Å². The van der Waals surface area contributed by atoms with Crippen LogP contribution < -0.4 is 11.2 Å². The summed E-state index contributed by atoms with van der Waals surface area (Å²) in [5.41, 5.74) is -3.96. The van der Waals surface area contributed by atoms with E-state index in [-0.39, 0.29) is 30.4 Å². The van der Waals surface area contributed by atoms with Crippen molar-refractivity contribution in [2.45, 2.75) is 82.4 Å². The molecular weight excluding hydrogens is 478 g/mol. The molecule has 1 aliphatic heterocycles. The second-order valence-electron chi connectivity index (χ2n) is 8.76. The molecular formula is C19H28FN4O9P. The van der Waals surface area contributed by atoms with Gasteiger partial charge in [-0.1, -0.05) is 13.8 Å². The van der Waals surface area contributed by atoms with Crippen molar-refractivity contribution in [1.82, 2.24) is 19.5 Å². The Bertz CT molecular complexity index is 1230. The molecule has 0 aliphatic carbocycles. The summed E-state index contributed by atoms with van der Waals surface area (Å²) in [5.74, 6) is -1.35. The third kappa shape index (κ3) is 4.85. The molecule has 3 heterocycles. The summed E-state index contributed by atoms with van der Waals surface area (Å²) in [7, 11) is -4.52. The summed E-state index contributed by atoms with van der Waals surface area (Å²) in [6.45, 7) is 5.85. The molecule has 1 fully saturated rings. The molecule has 0 amide bonds. The van der Waals surface area contributed by atoms with Gasteiger partial charge >= 0.3 is 18.8 Å². The van der Waals surface area contributed by atoms with Crippen LogP contribution in [0.2, 0.25) is 0 Å². The molecule has 1 saturated heterocycles. The number of aliphatic hydroxyl groups excluding tert-OH is 2. The number of aromatic nitrogens is 4. The number of aliphatic hydroxyl groups is 3. The minimum absolute atomic E-state index is 0.0539. The SMILES string of the molecule is CCC(C)(C[C@H]1O[C@@H](n2cc3nc(F)c(=O)[nH]c3nc2=O)[C@@H](O)C1O)OP(=O)(O)C(C)(O)CC. The van der Waals surface area contributed by atoms with Crippen LogP contribution in [-0.2, 0) is 13.8 Å². The summed E-state index contributed by atoms with van der Waals surface area (Å²) in [6, 6.07) is 0. The van der Waals surface area contributed by atoms with Gasteiger partial charge in [-0.05, 0) is 26.7 Å². The smallest absolute Gasteiger partial charge is 0.359 e. The minimum atomic E-state index is -4.52. The zero-order valence-corrected chi connectivity index (χ0v) is 19.9. The van der Waals surface area contributed by atoms with Crippen LogP contribution in [0, 0.1) is 5.95 Å². The Labute approximate surface area is 192 Å². The second-order valence-corrected chi connectivity index (χ2v) is 10.9. The number of halogens is 1. The van der Waals surface area contributed by atoms with E-state index in [2.05, 4.69) is 15.0 Å². The third-order valence-electron chi connectivity index (χ3n) is 6.19. The molecule has 15 heteroatoms. The van der Waals surface area contributed by atoms with Gasteiger partial charge in [0.25, 0.3) is 5.95 Å². The number of hydrogen-bond acceptors (Lipinski definition) is 10. The summed E-state index contributed by atoms with van der Waals surface area (Å²) in [4.78, 5) is 43.2. The van der Waals surface area contributed by atoms with Crippen molar-refractivity contribution in [3.05, 3.63) is 33.0 Å². The van der Waals surface area contributed by atoms with Gasteiger partial charge in [-0.2, -0.15) is 9.37 Å². The molecule has 4 unspecified atom stereocenters. The van der Waals surface area contributed by atoms with Crippen molar-refractivity contribution >= 4 is 18.8 Å². The van der Waals surface area contributed by atoms with E-state index >= 15 is 0 Å². The van der Waals surface area contributed by atoms with Crippen molar-refractivity contribution in [2.75, 3.05) is 0 Å². The summed E-state index contributed by atoms with van der Waals surface area (Å²) >= 11 is 0. The Morgan fingerprint density at radius 2 is 1.88 bits per heavy atom. The highest BCUT2D eigenvalue weighted by atomic mass is 31.2. The first-order valence-electron chi connectivity index (χ1n) is 10.6. The zero-order chi connectivity index (χ0) is 25.6. The van der Waals surface area contributed by atoms with E-state index in [9.17, 15) is 38.8 Å². The Kier molecular flexibility index (Phi) is 7.17. The lowest BCUT2D eigenvalue weighted by Crippen LogP contribution is -2.40. The molecule has 0 saturated carbocycles. The van der Waals surface area contributed by atoms with E-state index in [1.807, 2.05) is 0 Å². The van der Waals surface area contributed by atoms with Crippen LogP contribution in [0.15, 0.2) is 15.8 Å². The zero-order valence-electron chi connectivity index (χ0n) is 19.0. The number of nitrogens with zero attached hydrogens (tertiary/aromatic N) is 3. The fraction of sp³-hybridized carbons (Fsp3) is 0.684. The van der Waals surface area contributed by atoms with Gasteiger partial charge in [0, 0.05) is 12.6 Å². The predicted octanol–water partition coefficient (Wildman–Crippen LogP) is 0.117. The number of hydrogen-bond donors (Lipinski definition) is 5. The number of fused-ring (bicyclic) bond motifs is 1. The molecule has 2 aromatic rings. The average molecular weight is 506 g/mol. The molecule has 0 bridgehead atoms. The van der Waals surface area contributed by atoms with Gasteiger partial charge in [0.2, 0.25) is 0 Å². The molecule has 3 rings (SSSR count). The summed E-state index contributed by atoms with van der Waals surface area (Å²) in [5, 5.41) is 29.4. The van der Waals surface area contributed by atoms with E-state index in [1.165, 1.54) is 20.8 Å². The topological polar surface area (TPSA) is 197 Å². The molecule has 1 aliphatic rings. The highest BCUT2D eigenvalue weighted by Gasteiger charge is 2.50. The fourth-order valence-corrected chi connectivity index (χ4v) is 4.92. The van der Waals surface area contributed by atoms with Gasteiger partial charge in [0.15, 0.2) is 17.2 Å². The molecule has 34 heavy (non-hydrogen) atoms. The van der Waals surface area contributed by atoms with E-state index in [0.717, 1.165) is 10.8 Å². The van der Waals surface area contributed by atoms with Crippen molar-refractivity contribution in [3.8, 4) is 0 Å². The molecule has 7 atom stereocenters. The maximum Gasteiger partial charge on any atom is 0.359 e. The number of ether oxygens (including phenoxy) is 1.